The number of nitrogens with zero attached hydrogens (tertiary/aromatic N) is 2. The Balaban J connectivity index is 2.27. The van der Waals surface area contributed by atoms with Crippen molar-refractivity contribution in [1.82, 2.24) is 10.1 Å². The lowest BCUT2D eigenvalue weighted by molar-refractivity contribution is 0.0740. The van der Waals surface area contributed by atoms with E-state index in [9.17, 15) is 4.79 Å². The maximum Gasteiger partial charge on any atom is 0.259 e. The van der Waals surface area contributed by atoms with Crippen molar-refractivity contribution in [2.75, 3.05) is 7.05 Å². The number of benzene rings is 1. The molecular formula is C16H20N2O2. The molecule has 1 aromatic heterocycles. The first kappa shape index (κ1) is 14.3. The minimum Gasteiger partial charge on any atom is -0.361 e. The minimum atomic E-state index is -0.0445. The number of amides is 1. The van der Waals surface area contributed by atoms with Gasteiger partial charge in [-0.2, -0.15) is 0 Å². The van der Waals surface area contributed by atoms with E-state index in [2.05, 4.69) is 5.16 Å². The van der Waals surface area contributed by atoms with Gasteiger partial charge in [-0.3, -0.25) is 4.79 Å². The molecule has 0 N–H and O–H groups in total. The Morgan fingerprint density at radius 1 is 1.35 bits per heavy atom. The smallest absolute Gasteiger partial charge is 0.259 e. The van der Waals surface area contributed by atoms with Crippen molar-refractivity contribution in [2.45, 2.75) is 33.2 Å². The normalized spacial score (nSPS) is 12.2. The van der Waals surface area contributed by atoms with Crippen LogP contribution in [0.25, 0.3) is 0 Å². The van der Waals surface area contributed by atoms with E-state index in [1.54, 1.807) is 11.8 Å². The van der Waals surface area contributed by atoms with Crippen LogP contribution in [0.15, 0.2) is 34.9 Å². The Morgan fingerprint density at radius 2 is 2.00 bits per heavy atom. The van der Waals surface area contributed by atoms with E-state index in [0.29, 0.717) is 17.7 Å². The van der Waals surface area contributed by atoms with E-state index in [1.165, 1.54) is 0 Å². The molecule has 0 saturated heterocycles. The third-order valence-electron chi connectivity index (χ3n) is 3.67. The predicted octanol–water partition coefficient (Wildman–Crippen LogP) is 3.38. The van der Waals surface area contributed by atoms with Crippen LogP contribution in [0.4, 0.5) is 0 Å². The van der Waals surface area contributed by atoms with Gasteiger partial charge in [0.25, 0.3) is 5.91 Å². The highest BCUT2D eigenvalue weighted by Crippen LogP contribution is 2.23. The van der Waals surface area contributed by atoms with Gasteiger partial charge in [0.15, 0.2) is 0 Å². The highest BCUT2D eigenvalue weighted by atomic mass is 16.5. The van der Waals surface area contributed by atoms with Gasteiger partial charge in [-0.15, -0.1) is 0 Å². The van der Waals surface area contributed by atoms with Crippen molar-refractivity contribution in [3.8, 4) is 0 Å². The largest absolute Gasteiger partial charge is 0.361 e. The third kappa shape index (κ3) is 2.59. The molecule has 1 aromatic carbocycles. The van der Waals surface area contributed by atoms with Crippen LogP contribution >= 0.6 is 0 Å². The molecule has 2 aromatic rings. The van der Waals surface area contributed by atoms with Gasteiger partial charge in [0.05, 0.1) is 11.7 Å². The molecule has 1 amide bonds. The van der Waals surface area contributed by atoms with E-state index in [0.717, 1.165) is 11.3 Å². The van der Waals surface area contributed by atoms with Crippen molar-refractivity contribution in [3.05, 3.63) is 52.9 Å². The van der Waals surface area contributed by atoms with Crippen LogP contribution in [0.5, 0.6) is 0 Å². The Bertz CT molecular complexity index is 590. The number of carbonyl (C=O) groups excluding carboxylic acids is 1. The van der Waals surface area contributed by atoms with Crippen LogP contribution in [-0.4, -0.2) is 23.0 Å². The number of carbonyl (C=O) groups is 1. The molecule has 0 saturated carbocycles. The van der Waals surface area contributed by atoms with Gasteiger partial charge in [-0.05, 0) is 25.8 Å². The van der Waals surface area contributed by atoms with Gasteiger partial charge in [-0.25, -0.2) is 0 Å². The molecular weight excluding hydrogens is 252 g/mol. The molecule has 0 spiro atoms. The van der Waals surface area contributed by atoms with E-state index in [-0.39, 0.29) is 11.9 Å². The fourth-order valence-electron chi connectivity index (χ4n) is 2.24. The molecule has 0 aliphatic rings. The lowest BCUT2D eigenvalue weighted by Gasteiger charge is -2.25. The van der Waals surface area contributed by atoms with Gasteiger partial charge < -0.3 is 9.42 Å². The van der Waals surface area contributed by atoms with E-state index >= 15 is 0 Å². The van der Waals surface area contributed by atoms with Gasteiger partial charge in [-0.1, -0.05) is 42.4 Å². The first-order valence-corrected chi connectivity index (χ1v) is 6.83. The molecule has 0 bridgehead atoms. The number of hydrogen-bond donors (Lipinski definition) is 0. The number of rotatable bonds is 4. The molecule has 1 unspecified atom stereocenters. The van der Waals surface area contributed by atoms with Crippen molar-refractivity contribution in [1.29, 1.82) is 0 Å². The molecule has 0 aliphatic carbocycles. The van der Waals surface area contributed by atoms with Crippen LogP contribution in [0.3, 0.4) is 0 Å². The fraction of sp³-hybridized carbons (Fsp3) is 0.375. The second-order valence-electron chi connectivity index (χ2n) is 4.92. The second-order valence-corrected chi connectivity index (χ2v) is 4.92. The summed E-state index contributed by atoms with van der Waals surface area (Å²) in [7, 11) is 1.81. The zero-order valence-electron chi connectivity index (χ0n) is 12.4. The molecule has 4 nitrogen and oxygen atoms in total. The Kier molecular flexibility index (Phi) is 4.23. The van der Waals surface area contributed by atoms with Crippen molar-refractivity contribution < 1.29 is 9.32 Å². The molecule has 0 aliphatic heterocycles. The summed E-state index contributed by atoms with van der Waals surface area (Å²) in [6, 6.07) is 9.98. The van der Waals surface area contributed by atoms with Crippen LogP contribution < -0.4 is 0 Å². The predicted molar refractivity (Wildman–Crippen MR) is 77.6 cm³/mol. The lowest BCUT2D eigenvalue weighted by Crippen LogP contribution is -2.30. The maximum absolute atomic E-state index is 12.6. The Labute approximate surface area is 119 Å². The monoisotopic (exact) mass is 272 g/mol. The lowest BCUT2D eigenvalue weighted by atomic mass is 10.1. The van der Waals surface area contributed by atoms with Crippen molar-refractivity contribution in [2.24, 2.45) is 0 Å². The zero-order chi connectivity index (χ0) is 14.7. The van der Waals surface area contributed by atoms with Crippen molar-refractivity contribution in [3.63, 3.8) is 0 Å². The summed E-state index contributed by atoms with van der Waals surface area (Å²) in [6.45, 7) is 5.76. The zero-order valence-corrected chi connectivity index (χ0v) is 12.4. The fourth-order valence-corrected chi connectivity index (χ4v) is 2.24. The number of aryl methyl sites for hydroxylation is 2. The molecule has 2 rings (SSSR count). The van der Waals surface area contributed by atoms with Gasteiger partial charge in [0.1, 0.15) is 11.3 Å². The topological polar surface area (TPSA) is 46.3 Å². The highest BCUT2D eigenvalue weighted by molar-refractivity contribution is 5.96. The molecule has 0 radical (unpaired) electrons. The van der Waals surface area contributed by atoms with Crippen LogP contribution in [0.1, 0.15) is 47.3 Å². The summed E-state index contributed by atoms with van der Waals surface area (Å²) < 4.78 is 5.15. The average molecular weight is 272 g/mol. The maximum atomic E-state index is 12.6. The van der Waals surface area contributed by atoms with E-state index in [4.69, 9.17) is 4.52 Å². The van der Waals surface area contributed by atoms with E-state index in [1.807, 2.05) is 51.2 Å². The summed E-state index contributed by atoms with van der Waals surface area (Å²) in [5.41, 5.74) is 2.42. The Hall–Kier alpha value is -2.10. The quantitative estimate of drug-likeness (QED) is 0.857. The number of hydrogen-bond acceptors (Lipinski definition) is 3. The molecule has 0 fully saturated rings. The standard InChI is InChI=1S/C16H20N2O2/c1-5-14-15(12(3)20-17-14)16(19)18(4)11(2)13-9-7-6-8-10-13/h6-11H,5H2,1-4H3. The third-order valence-corrected chi connectivity index (χ3v) is 3.67. The first-order chi connectivity index (χ1) is 9.56. The second kappa shape index (κ2) is 5.90. The summed E-state index contributed by atoms with van der Waals surface area (Å²) in [5, 5.41) is 3.95. The molecule has 1 atom stereocenters. The summed E-state index contributed by atoms with van der Waals surface area (Å²) in [4.78, 5) is 14.4. The molecule has 4 heteroatoms. The summed E-state index contributed by atoms with van der Waals surface area (Å²) >= 11 is 0. The summed E-state index contributed by atoms with van der Waals surface area (Å²) in [5.74, 6) is 0.538. The van der Waals surface area contributed by atoms with Gasteiger partial charge in [0.2, 0.25) is 0 Å². The SMILES string of the molecule is CCc1noc(C)c1C(=O)N(C)C(C)c1ccccc1. The highest BCUT2D eigenvalue weighted by Gasteiger charge is 2.25. The number of aromatic nitrogens is 1. The van der Waals surface area contributed by atoms with E-state index < -0.39 is 0 Å². The minimum absolute atomic E-state index is 0.00251. The first-order valence-electron chi connectivity index (χ1n) is 6.83. The van der Waals surface area contributed by atoms with Crippen LogP contribution in [0.2, 0.25) is 0 Å². The Morgan fingerprint density at radius 3 is 2.60 bits per heavy atom. The van der Waals surface area contributed by atoms with Gasteiger partial charge in [0, 0.05) is 7.05 Å². The molecule has 106 valence electrons. The van der Waals surface area contributed by atoms with Gasteiger partial charge >= 0.3 is 0 Å². The van der Waals surface area contributed by atoms with Crippen LogP contribution in [0, 0.1) is 6.92 Å². The molecule has 20 heavy (non-hydrogen) atoms. The average Bonchev–Trinajstić information content (AvgIpc) is 2.86. The molecule has 1 heterocycles. The summed E-state index contributed by atoms with van der Waals surface area (Å²) in [6.07, 6.45) is 0.686. The van der Waals surface area contributed by atoms with Crippen LogP contribution in [-0.2, 0) is 6.42 Å². The van der Waals surface area contributed by atoms with Crippen molar-refractivity contribution >= 4 is 5.91 Å².